The van der Waals surface area contributed by atoms with Crippen LogP contribution in [0, 0.1) is 11.7 Å². The average molecular weight is 477 g/mol. The van der Waals surface area contributed by atoms with Crippen LogP contribution in [-0.4, -0.2) is 56.2 Å². The molecule has 10 heteroatoms. The van der Waals surface area contributed by atoms with Gasteiger partial charge in [0.15, 0.2) is 11.5 Å². The first-order chi connectivity index (χ1) is 17.0. The Morgan fingerprint density at radius 3 is 2.89 bits per heavy atom. The third-order valence-corrected chi connectivity index (χ3v) is 6.29. The second-order valence-corrected chi connectivity index (χ2v) is 9.07. The smallest absolute Gasteiger partial charge is 0.318 e. The number of aromatic nitrogens is 5. The van der Waals surface area contributed by atoms with E-state index in [1.807, 2.05) is 13.0 Å². The zero-order chi connectivity index (χ0) is 24.4. The summed E-state index contributed by atoms with van der Waals surface area (Å²) in [5.74, 6) is 1.03. The third-order valence-electron chi connectivity index (χ3n) is 6.29. The van der Waals surface area contributed by atoms with Crippen LogP contribution in [-0.2, 0) is 0 Å². The van der Waals surface area contributed by atoms with Gasteiger partial charge in [-0.15, -0.1) is 5.10 Å². The molecule has 4 heterocycles. The topological polar surface area (TPSA) is 106 Å². The molecule has 0 saturated carbocycles. The quantitative estimate of drug-likeness (QED) is 0.415. The van der Waals surface area contributed by atoms with Crippen molar-refractivity contribution in [1.82, 2.24) is 29.5 Å². The van der Waals surface area contributed by atoms with Crippen molar-refractivity contribution in [3.63, 3.8) is 0 Å². The third kappa shape index (κ3) is 5.17. The van der Waals surface area contributed by atoms with Crippen molar-refractivity contribution >= 4 is 17.3 Å². The maximum Gasteiger partial charge on any atom is 0.318 e. The Kier molecular flexibility index (Phi) is 6.45. The van der Waals surface area contributed by atoms with Crippen LogP contribution in [0.4, 0.5) is 16.0 Å². The predicted octanol–water partition coefficient (Wildman–Crippen LogP) is 3.80. The molecule has 3 N–H and O–H groups in total. The fourth-order valence-corrected chi connectivity index (χ4v) is 4.50. The van der Waals surface area contributed by atoms with Crippen molar-refractivity contribution in [2.45, 2.75) is 25.8 Å². The molecule has 1 aromatic carbocycles. The van der Waals surface area contributed by atoms with Gasteiger partial charge >= 0.3 is 6.01 Å². The number of hydrogen-bond acceptors (Lipinski definition) is 8. The summed E-state index contributed by atoms with van der Waals surface area (Å²) in [6, 6.07) is 10.1. The molecular weight excluding hydrogens is 447 g/mol. The number of nitrogens with one attached hydrogen (secondary N) is 1. The van der Waals surface area contributed by atoms with Gasteiger partial charge in [-0.3, -0.25) is 0 Å². The Bertz CT molecular complexity index is 1310. The Morgan fingerprint density at radius 1 is 1.26 bits per heavy atom. The number of fused-ring (bicyclic) bond motifs is 1. The SMILES string of the molecule is C[C@H](Nc1cc(-c2c(N)nn3cccnc23)nc(OCC2CCCN(C)C2)n1)c1ccc(F)cc1. The number of anilines is 2. The van der Waals surface area contributed by atoms with E-state index in [0.717, 1.165) is 31.5 Å². The summed E-state index contributed by atoms with van der Waals surface area (Å²) >= 11 is 0. The number of piperidine rings is 1. The first-order valence-corrected chi connectivity index (χ1v) is 11.8. The molecule has 1 aliphatic rings. The second-order valence-electron chi connectivity index (χ2n) is 9.07. The van der Waals surface area contributed by atoms with Gasteiger partial charge in [0.05, 0.1) is 17.9 Å². The fraction of sp³-hybridized carbons (Fsp3) is 0.360. The zero-order valence-corrected chi connectivity index (χ0v) is 19.9. The van der Waals surface area contributed by atoms with Gasteiger partial charge in [0, 0.05) is 37.0 Å². The molecular formula is C25H29FN8O. The number of nitrogens with zero attached hydrogens (tertiary/aromatic N) is 6. The number of nitrogens with two attached hydrogens (primary N) is 1. The van der Waals surface area contributed by atoms with E-state index in [4.69, 9.17) is 10.5 Å². The van der Waals surface area contributed by atoms with Crippen molar-refractivity contribution in [2.24, 2.45) is 5.92 Å². The summed E-state index contributed by atoms with van der Waals surface area (Å²) < 4.78 is 21.1. The summed E-state index contributed by atoms with van der Waals surface area (Å²) in [5, 5.41) is 7.75. The highest BCUT2D eigenvalue weighted by atomic mass is 19.1. The van der Waals surface area contributed by atoms with Gasteiger partial charge in [-0.2, -0.15) is 9.97 Å². The van der Waals surface area contributed by atoms with Crippen molar-refractivity contribution in [2.75, 3.05) is 37.8 Å². The van der Waals surface area contributed by atoms with Crippen LogP contribution in [0.5, 0.6) is 6.01 Å². The molecule has 2 atom stereocenters. The lowest BCUT2D eigenvalue weighted by molar-refractivity contribution is 0.144. The normalized spacial score (nSPS) is 17.4. The molecule has 1 unspecified atom stereocenters. The van der Waals surface area contributed by atoms with Crippen molar-refractivity contribution in [1.29, 1.82) is 0 Å². The summed E-state index contributed by atoms with van der Waals surface area (Å²) in [6.45, 7) is 4.61. The number of ether oxygens (including phenoxy) is 1. The Morgan fingerprint density at radius 2 is 2.09 bits per heavy atom. The van der Waals surface area contributed by atoms with Crippen LogP contribution >= 0.6 is 0 Å². The summed E-state index contributed by atoms with van der Waals surface area (Å²) in [6.07, 6.45) is 5.74. The van der Waals surface area contributed by atoms with E-state index < -0.39 is 0 Å². The van der Waals surface area contributed by atoms with Gasteiger partial charge in [0.1, 0.15) is 11.6 Å². The van der Waals surface area contributed by atoms with E-state index in [-0.39, 0.29) is 17.9 Å². The molecule has 0 aliphatic carbocycles. The van der Waals surface area contributed by atoms with E-state index >= 15 is 0 Å². The molecule has 4 aromatic rings. The lowest BCUT2D eigenvalue weighted by Crippen LogP contribution is -2.34. The van der Waals surface area contributed by atoms with E-state index in [1.165, 1.54) is 12.1 Å². The average Bonchev–Trinajstić information content (AvgIpc) is 3.19. The molecule has 5 rings (SSSR count). The fourth-order valence-electron chi connectivity index (χ4n) is 4.50. The van der Waals surface area contributed by atoms with Gasteiger partial charge in [0.2, 0.25) is 0 Å². The minimum absolute atomic E-state index is 0.127. The summed E-state index contributed by atoms with van der Waals surface area (Å²) in [5.41, 5.74) is 8.97. The highest BCUT2D eigenvalue weighted by Crippen LogP contribution is 2.31. The van der Waals surface area contributed by atoms with Crippen LogP contribution in [0.25, 0.3) is 16.9 Å². The molecule has 9 nitrogen and oxygen atoms in total. The van der Waals surface area contributed by atoms with Crippen molar-refractivity contribution in [3.8, 4) is 17.3 Å². The van der Waals surface area contributed by atoms with E-state index in [2.05, 4.69) is 37.3 Å². The number of likely N-dealkylation sites (tertiary alicyclic amines) is 1. The lowest BCUT2D eigenvalue weighted by Gasteiger charge is -2.29. The highest BCUT2D eigenvalue weighted by Gasteiger charge is 2.21. The van der Waals surface area contributed by atoms with Gasteiger partial charge in [0.25, 0.3) is 0 Å². The van der Waals surface area contributed by atoms with Crippen LogP contribution in [0.1, 0.15) is 31.4 Å². The molecule has 0 amide bonds. The maximum atomic E-state index is 13.4. The monoisotopic (exact) mass is 476 g/mol. The standard InChI is InChI=1S/C25H29FN8O/c1-16(18-6-8-19(26)9-7-18)29-21-13-20(22-23(27)32-34-12-4-10-28-24(22)34)30-25(31-21)35-15-17-5-3-11-33(2)14-17/h4,6-10,12-13,16-17H,3,5,11,14-15H2,1-2H3,(H2,27,32)(H,29,30,31)/t16-,17?/m0/s1. The number of halogens is 1. The Balaban J connectivity index is 1.47. The van der Waals surface area contributed by atoms with Gasteiger partial charge < -0.3 is 20.7 Å². The first-order valence-electron chi connectivity index (χ1n) is 11.8. The summed E-state index contributed by atoms with van der Waals surface area (Å²) in [7, 11) is 2.13. The maximum absolute atomic E-state index is 13.4. The van der Waals surface area contributed by atoms with E-state index in [1.54, 1.807) is 35.1 Å². The molecule has 1 aliphatic heterocycles. The molecule has 0 radical (unpaired) electrons. The van der Waals surface area contributed by atoms with E-state index in [0.29, 0.717) is 41.1 Å². The number of benzene rings is 1. The minimum atomic E-state index is -0.273. The molecule has 0 spiro atoms. The second kappa shape index (κ2) is 9.83. The highest BCUT2D eigenvalue weighted by molar-refractivity contribution is 5.85. The van der Waals surface area contributed by atoms with Crippen LogP contribution in [0.3, 0.4) is 0 Å². The number of hydrogen-bond donors (Lipinski definition) is 2. The number of nitrogen functional groups attached to an aromatic ring is 1. The van der Waals surface area contributed by atoms with E-state index in [9.17, 15) is 4.39 Å². The lowest BCUT2D eigenvalue weighted by atomic mass is 10.00. The molecule has 3 aromatic heterocycles. The molecule has 182 valence electrons. The molecule has 1 fully saturated rings. The predicted molar refractivity (Wildman–Crippen MR) is 133 cm³/mol. The van der Waals surface area contributed by atoms with Crippen LogP contribution in [0.2, 0.25) is 0 Å². The van der Waals surface area contributed by atoms with Crippen LogP contribution < -0.4 is 15.8 Å². The largest absolute Gasteiger partial charge is 0.463 e. The van der Waals surface area contributed by atoms with Crippen molar-refractivity contribution in [3.05, 3.63) is 60.2 Å². The summed E-state index contributed by atoms with van der Waals surface area (Å²) in [4.78, 5) is 16.0. The minimum Gasteiger partial charge on any atom is -0.463 e. The Labute approximate surface area is 203 Å². The van der Waals surface area contributed by atoms with Crippen LogP contribution in [0.15, 0.2) is 48.8 Å². The molecule has 1 saturated heterocycles. The first kappa shape index (κ1) is 23.0. The molecule has 35 heavy (non-hydrogen) atoms. The van der Waals surface area contributed by atoms with Gasteiger partial charge in [-0.25, -0.2) is 13.9 Å². The molecule has 0 bridgehead atoms. The van der Waals surface area contributed by atoms with Gasteiger partial charge in [-0.05, 0) is 57.1 Å². The number of rotatable bonds is 7. The van der Waals surface area contributed by atoms with Crippen molar-refractivity contribution < 1.29 is 9.13 Å². The zero-order valence-electron chi connectivity index (χ0n) is 19.9. The Hall–Kier alpha value is -3.79. The van der Waals surface area contributed by atoms with Gasteiger partial charge in [-0.1, -0.05) is 12.1 Å².